The number of cyclic esters (lactones) is 2. The zero-order valence-electron chi connectivity index (χ0n) is 7.16. The molecule has 0 radical (unpaired) electrons. The van der Waals surface area contributed by atoms with E-state index in [0.29, 0.717) is 5.66 Å². The molecule has 5 unspecified atom stereocenters. The van der Waals surface area contributed by atoms with Crippen molar-refractivity contribution in [1.29, 1.82) is 0 Å². The van der Waals surface area contributed by atoms with Crippen LogP contribution in [0.5, 0.6) is 0 Å². The van der Waals surface area contributed by atoms with Crippen molar-refractivity contribution in [3.63, 3.8) is 0 Å². The van der Waals surface area contributed by atoms with Crippen LogP contribution in [0.4, 0.5) is 0 Å². The van der Waals surface area contributed by atoms with Gasteiger partial charge in [0.05, 0.1) is 11.8 Å². The Morgan fingerprint density at radius 1 is 1.23 bits per heavy atom. The van der Waals surface area contributed by atoms with Crippen molar-refractivity contribution in [3.8, 4) is 0 Å². The van der Waals surface area contributed by atoms with Gasteiger partial charge < -0.3 is 4.74 Å². The molecule has 2 fully saturated rings. The highest BCUT2D eigenvalue weighted by atomic mass is 32.0. The van der Waals surface area contributed by atoms with E-state index in [1.165, 1.54) is 0 Å². The molecule has 3 nitrogen and oxygen atoms in total. The lowest BCUT2D eigenvalue weighted by Gasteiger charge is -2.26. The van der Waals surface area contributed by atoms with Crippen molar-refractivity contribution < 1.29 is 14.3 Å². The maximum absolute atomic E-state index is 11.2. The van der Waals surface area contributed by atoms with Gasteiger partial charge in [0.1, 0.15) is 0 Å². The second kappa shape index (κ2) is 3.63. The van der Waals surface area contributed by atoms with E-state index in [1.807, 2.05) is 0 Å². The van der Waals surface area contributed by atoms with Crippen LogP contribution in [0.15, 0.2) is 0 Å². The maximum Gasteiger partial charge on any atom is 0.317 e. The fourth-order valence-corrected chi connectivity index (χ4v) is 3.75. The Morgan fingerprint density at radius 3 is 2.62 bits per heavy atom. The SMILES string of the molecule is O=C1OC(=O)C2CC(PP)CCC12. The van der Waals surface area contributed by atoms with Crippen LogP contribution in [-0.2, 0) is 14.3 Å². The Balaban J connectivity index is 2.10. The van der Waals surface area contributed by atoms with Gasteiger partial charge in [-0.2, -0.15) is 0 Å². The molecule has 0 amide bonds. The average Bonchev–Trinajstić information content (AvgIpc) is 2.42. The Bertz CT molecular complexity index is 254. The Kier molecular flexibility index (Phi) is 2.67. The molecule has 1 aliphatic carbocycles. The molecule has 1 saturated heterocycles. The second-order valence-electron chi connectivity index (χ2n) is 3.63. The molecule has 0 aromatic carbocycles. The van der Waals surface area contributed by atoms with E-state index in [0.717, 1.165) is 27.5 Å². The normalized spacial score (nSPS) is 39.6. The van der Waals surface area contributed by atoms with E-state index in [2.05, 4.69) is 13.7 Å². The number of fused-ring (bicyclic) bond motifs is 1. The van der Waals surface area contributed by atoms with E-state index in [9.17, 15) is 9.59 Å². The minimum absolute atomic E-state index is 0.120. The number of rotatable bonds is 1. The molecular formula is C8H12O3P2. The summed E-state index contributed by atoms with van der Waals surface area (Å²) in [4.78, 5) is 22.4. The van der Waals surface area contributed by atoms with Crippen molar-refractivity contribution in [3.05, 3.63) is 0 Å². The second-order valence-corrected chi connectivity index (χ2v) is 5.78. The summed E-state index contributed by atoms with van der Waals surface area (Å²) < 4.78 is 4.62. The summed E-state index contributed by atoms with van der Waals surface area (Å²) in [6.45, 7) is 0. The fraction of sp³-hybridized carbons (Fsp3) is 0.750. The van der Waals surface area contributed by atoms with Crippen molar-refractivity contribution in [1.82, 2.24) is 0 Å². The monoisotopic (exact) mass is 218 g/mol. The maximum atomic E-state index is 11.2. The van der Waals surface area contributed by atoms with E-state index >= 15 is 0 Å². The van der Waals surface area contributed by atoms with Crippen molar-refractivity contribution in [2.75, 3.05) is 0 Å². The fourth-order valence-electron chi connectivity index (χ4n) is 2.12. The van der Waals surface area contributed by atoms with Gasteiger partial charge in [0.2, 0.25) is 0 Å². The Morgan fingerprint density at radius 2 is 1.92 bits per heavy atom. The van der Waals surface area contributed by atoms with Crippen LogP contribution >= 0.6 is 17.2 Å². The van der Waals surface area contributed by atoms with Crippen LogP contribution in [0.1, 0.15) is 19.3 Å². The number of carbonyl (C=O) groups excluding carboxylic acids is 2. The molecular weight excluding hydrogens is 206 g/mol. The number of hydrogen-bond acceptors (Lipinski definition) is 3. The molecule has 0 spiro atoms. The van der Waals surface area contributed by atoms with Gasteiger partial charge >= 0.3 is 11.9 Å². The van der Waals surface area contributed by atoms with Gasteiger partial charge in [-0.15, -0.1) is 8.93 Å². The van der Waals surface area contributed by atoms with Gasteiger partial charge in [-0.25, -0.2) is 0 Å². The molecule has 5 atom stereocenters. The first-order valence-corrected chi connectivity index (χ1v) is 7.32. The highest BCUT2D eigenvalue weighted by molar-refractivity contribution is 8.03. The lowest BCUT2D eigenvalue weighted by Crippen LogP contribution is -2.27. The zero-order chi connectivity index (χ0) is 9.42. The molecule has 1 saturated carbocycles. The van der Waals surface area contributed by atoms with Gasteiger partial charge in [-0.3, -0.25) is 9.59 Å². The quantitative estimate of drug-likeness (QED) is 0.378. The summed E-state index contributed by atoms with van der Waals surface area (Å²) in [5, 5.41) is 0. The predicted octanol–water partition coefficient (Wildman–Crippen LogP) is 1.32. The predicted molar refractivity (Wildman–Crippen MR) is 53.7 cm³/mol. The summed E-state index contributed by atoms with van der Waals surface area (Å²) in [6, 6.07) is 0. The molecule has 72 valence electrons. The first-order valence-electron chi connectivity index (χ1n) is 4.44. The van der Waals surface area contributed by atoms with Gasteiger partial charge in [-0.05, 0) is 24.9 Å². The van der Waals surface area contributed by atoms with Crippen molar-refractivity contribution >= 4 is 29.1 Å². The molecule has 5 heteroatoms. The minimum atomic E-state index is -0.291. The van der Waals surface area contributed by atoms with Crippen LogP contribution in [0, 0.1) is 11.8 Å². The third-order valence-electron chi connectivity index (χ3n) is 2.89. The lowest BCUT2D eigenvalue weighted by molar-refractivity contribution is -0.153. The molecule has 0 bridgehead atoms. The lowest BCUT2D eigenvalue weighted by atomic mass is 9.81. The number of ether oxygens (including phenoxy) is 1. The third kappa shape index (κ3) is 1.65. The highest BCUT2D eigenvalue weighted by Crippen LogP contribution is 2.45. The summed E-state index contributed by atoms with van der Waals surface area (Å²) in [7, 11) is 3.52. The molecule has 0 aromatic heterocycles. The van der Waals surface area contributed by atoms with Crippen LogP contribution in [0.25, 0.3) is 0 Å². The average molecular weight is 218 g/mol. The first kappa shape index (κ1) is 9.55. The summed E-state index contributed by atoms with van der Waals surface area (Å²) >= 11 is 0. The van der Waals surface area contributed by atoms with E-state index in [-0.39, 0.29) is 23.8 Å². The van der Waals surface area contributed by atoms with Crippen molar-refractivity contribution in [2.24, 2.45) is 11.8 Å². The molecule has 0 aromatic rings. The number of hydrogen-bond donors (Lipinski definition) is 0. The molecule has 2 aliphatic rings. The van der Waals surface area contributed by atoms with Gasteiger partial charge in [0.25, 0.3) is 0 Å². The van der Waals surface area contributed by atoms with Gasteiger partial charge in [-0.1, -0.05) is 8.27 Å². The third-order valence-corrected chi connectivity index (χ3v) is 5.30. The molecule has 1 heterocycles. The highest BCUT2D eigenvalue weighted by Gasteiger charge is 2.47. The minimum Gasteiger partial charge on any atom is -0.393 e. The molecule has 0 N–H and O–H groups in total. The largest absolute Gasteiger partial charge is 0.393 e. The van der Waals surface area contributed by atoms with Crippen LogP contribution < -0.4 is 0 Å². The van der Waals surface area contributed by atoms with Gasteiger partial charge in [0.15, 0.2) is 0 Å². The molecule has 2 rings (SSSR count). The van der Waals surface area contributed by atoms with E-state index in [4.69, 9.17) is 0 Å². The first-order chi connectivity index (χ1) is 6.22. The van der Waals surface area contributed by atoms with Crippen LogP contribution in [0.3, 0.4) is 0 Å². The Hall–Kier alpha value is -0.000000000000000111. The zero-order valence-corrected chi connectivity index (χ0v) is 9.31. The van der Waals surface area contributed by atoms with Crippen LogP contribution in [-0.4, -0.2) is 17.6 Å². The topological polar surface area (TPSA) is 43.4 Å². The summed E-state index contributed by atoms with van der Waals surface area (Å²) in [6.07, 6.45) is 2.74. The summed E-state index contributed by atoms with van der Waals surface area (Å²) in [5.41, 5.74) is 0.602. The van der Waals surface area contributed by atoms with Crippen LogP contribution in [0.2, 0.25) is 0 Å². The number of esters is 2. The Labute approximate surface area is 80.9 Å². The summed E-state index contributed by atoms with van der Waals surface area (Å²) in [5.74, 6) is -0.826. The smallest absolute Gasteiger partial charge is 0.317 e. The molecule has 1 aliphatic heterocycles. The standard InChI is InChI=1S/C8H12O3P2/c9-7-5-2-1-4(13-12)3-6(5)8(10)11-7/h4-6,13H,1-3,12H2. The van der Waals surface area contributed by atoms with E-state index < -0.39 is 0 Å². The van der Waals surface area contributed by atoms with Crippen molar-refractivity contribution in [2.45, 2.75) is 24.9 Å². The van der Waals surface area contributed by atoms with Gasteiger partial charge in [0, 0.05) is 0 Å². The molecule has 13 heavy (non-hydrogen) atoms. The number of carbonyl (C=O) groups is 2. The van der Waals surface area contributed by atoms with E-state index in [1.54, 1.807) is 0 Å².